The lowest BCUT2D eigenvalue weighted by molar-refractivity contribution is -0.120. The lowest BCUT2D eigenvalue weighted by Crippen LogP contribution is -2.47. The monoisotopic (exact) mass is 443 g/mol. The number of anilines is 2. The highest BCUT2D eigenvalue weighted by atomic mass is 19.3. The number of morpholine rings is 1. The number of rotatable bonds is 4. The first-order valence-electron chi connectivity index (χ1n) is 10.9. The van der Waals surface area contributed by atoms with Crippen LogP contribution in [0.2, 0.25) is 0 Å². The molecule has 1 amide bonds. The predicted octanol–water partition coefficient (Wildman–Crippen LogP) is 2.58. The standard InChI is InChI=1S/C21H23F2N7O2/c1-12-11-32-9-8-28(12)15-10-14-19-18(25-15)17(13-2-6-24-26-13)27-29(19)7-3-16(31)30(14)21(4-5-21)20(22)23/h2,6,10,12,20H,3-5,7-9,11H2,1H3,(H,24,26)/t12-/m1/s1. The van der Waals surface area contributed by atoms with Gasteiger partial charge in [0, 0.05) is 25.2 Å². The molecule has 0 radical (unpaired) electrons. The van der Waals surface area contributed by atoms with E-state index in [1.54, 1.807) is 23.0 Å². The zero-order valence-corrected chi connectivity index (χ0v) is 17.6. The van der Waals surface area contributed by atoms with E-state index in [1.165, 1.54) is 4.90 Å². The van der Waals surface area contributed by atoms with E-state index in [4.69, 9.17) is 14.8 Å². The summed E-state index contributed by atoms with van der Waals surface area (Å²) in [6.07, 6.45) is -0.323. The molecule has 2 aliphatic heterocycles. The fourth-order valence-corrected chi connectivity index (χ4v) is 4.87. The average molecular weight is 443 g/mol. The minimum absolute atomic E-state index is 0.0615. The average Bonchev–Trinajstić information content (AvgIpc) is 3.27. The van der Waals surface area contributed by atoms with Gasteiger partial charge in [0.05, 0.1) is 37.2 Å². The molecule has 1 N–H and O–H groups in total. The van der Waals surface area contributed by atoms with Crippen LogP contribution in [0.3, 0.4) is 0 Å². The maximum Gasteiger partial charge on any atom is 0.261 e. The normalized spacial score (nSPS) is 22.6. The maximum atomic E-state index is 14.2. The zero-order chi connectivity index (χ0) is 22.0. The molecule has 5 heterocycles. The number of aromatic nitrogens is 5. The maximum absolute atomic E-state index is 14.2. The Morgan fingerprint density at radius 1 is 1.31 bits per heavy atom. The third kappa shape index (κ3) is 2.76. The van der Waals surface area contributed by atoms with Crippen LogP contribution in [0.5, 0.6) is 0 Å². The van der Waals surface area contributed by atoms with Gasteiger partial charge in [-0.05, 0) is 25.8 Å². The number of halogens is 2. The Bertz CT molecular complexity index is 1190. The molecule has 0 unspecified atom stereocenters. The van der Waals surface area contributed by atoms with Crippen LogP contribution in [0, 0.1) is 0 Å². The molecule has 11 heteroatoms. The Morgan fingerprint density at radius 3 is 2.84 bits per heavy atom. The van der Waals surface area contributed by atoms with Crippen molar-refractivity contribution in [2.75, 3.05) is 29.6 Å². The SMILES string of the molecule is C[C@@H]1COCCN1c1cc2c3c(n1)c(-c1ccn[nH]1)nn3CCC(=O)N2C1(C(F)F)CC1. The first-order valence-corrected chi connectivity index (χ1v) is 10.9. The van der Waals surface area contributed by atoms with Crippen molar-refractivity contribution in [3.63, 3.8) is 0 Å². The summed E-state index contributed by atoms with van der Waals surface area (Å²) >= 11 is 0. The van der Waals surface area contributed by atoms with Crippen LogP contribution in [0.4, 0.5) is 20.3 Å². The second-order valence-electron chi connectivity index (χ2n) is 8.74. The van der Waals surface area contributed by atoms with Gasteiger partial charge in [-0.25, -0.2) is 13.8 Å². The van der Waals surface area contributed by atoms with E-state index in [0.29, 0.717) is 60.2 Å². The summed E-state index contributed by atoms with van der Waals surface area (Å²) in [5, 5.41) is 11.7. The molecule has 6 rings (SSSR count). The summed E-state index contributed by atoms with van der Waals surface area (Å²) in [4.78, 5) is 21.5. The summed E-state index contributed by atoms with van der Waals surface area (Å²) in [5.41, 5.74) is 1.47. The minimum atomic E-state index is -2.62. The fraction of sp³-hybridized carbons (Fsp3) is 0.524. The highest BCUT2D eigenvalue weighted by Gasteiger charge is 2.59. The van der Waals surface area contributed by atoms with Crippen molar-refractivity contribution in [3.8, 4) is 11.4 Å². The van der Waals surface area contributed by atoms with Gasteiger partial charge in [0.15, 0.2) is 0 Å². The Labute approximate surface area is 182 Å². The number of nitrogens with one attached hydrogen (secondary N) is 1. The lowest BCUT2D eigenvalue weighted by atomic mass is 10.1. The molecular formula is C21H23F2N7O2. The summed E-state index contributed by atoms with van der Waals surface area (Å²) in [6.45, 7) is 4.06. The largest absolute Gasteiger partial charge is 0.377 e. The third-order valence-electron chi connectivity index (χ3n) is 6.72. The number of hydrogen-bond acceptors (Lipinski definition) is 6. The Balaban J connectivity index is 1.63. The number of carbonyl (C=O) groups excluding carboxylic acids is 1. The number of amides is 1. The van der Waals surface area contributed by atoms with E-state index >= 15 is 0 Å². The Kier molecular flexibility index (Phi) is 4.26. The van der Waals surface area contributed by atoms with E-state index in [2.05, 4.69) is 15.1 Å². The molecule has 1 saturated heterocycles. The summed E-state index contributed by atoms with van der Waals surface area (Å²) in [6, 6.07) is 3.64. The molecule has 168 valence electrons. The fourth-order valence-electron chi connectivity index (χ4n) is 4.87. The second kappa shape index (κ2) is 6.96. The van der Waals surface area contributed by atoms with Gasteiger partial charge in [-0.3, -0.25) is 19.5 Å². The van der Waals surface area contributed by atoms with E-state index in [0.717, 1.165) is 0 Å². The highest BCUT2D eigenvalue weighted by Crippen LogP contribution is 2.51. The van der Waals surface area contributed by atoms with Crippen LogP contribution in [-0.4, -0.2) is 68.6 Å². The lowest BCUT2D eigenvalue weighted by Gasteiger charge is -2.36. The van der Waals surface area contributed by atoms with Crippen molar-refractivity contribution >= 4 is 28.4 Å². The molecule has 1 atom stereocenters. The van der Waals surface area contributed by atoms with Crippen LogP contribution >= 0.6 is 0 Å². The van der Waals surface area contributed by atoms with Crippen LogP contribution in [-0.2, 0) is 16.1 Å². The molecule has 0 spiro atoms. The number of aromatic amines is 1. The summed E-state index contributed by atoms with van der Waals surface area (Å²) in [5.74, 6) is 0.332. The molecule has 3 aromatic rings. The summed E-state index contributed by atoms with van der Waals surface area (Å²) in [7, 11) is 0. The number of carbonyl (C=O) groups is 1. The van der Waals surface area contributed by atoms with Gasteiger partial charge in [0.2, 0.25) is 5.91 Å². The van der Waals surface area contributed by atoms with Gasteiger partial charge in [0.1, 0.15) is 28.1 Å². The van der Waals surface area contributed by atoms with E-state index in [9.17, 15) is 13.6 Å². The van der Waals surface area contributed by atoms with Gasteiger partial charge in [-0.2, -0.15) is 10.2 Å². The van der Waals surface area contributed by atoms with Crippen molar-refractivity contribution in [2.24, 2.45) is 0 Å². The van der Waals surface area contributed by atoms with Crippen molar-refractivity contribution in [1.29, 1.82) is 0 Å². The van der Waals surface area contributed by atoms with Gasteiger partial charge in [-0.1, -0.05) is 0 Å². The Hall–Kier alpha value is -3.08. The number of H-pyrrole nitrogens is 1. The molecule has 3 aromatic heterocycles. The first-order chi connectivity index (χ1) is 15.5. The highest BCUT2D eigenvalue weighted by molar-refractivity contribution is 6.07. The number of aryl methyl sites for hydroxylation is 1. The third-order valence-corrected chi connectivity index (χ3v) is 6.72. The van der Waals surface area contributed by atoms with Gasteiger partial charge < -0.3 is 9.64 Å². The van der Waals surface area contributed by atoms with Gasteiger partial charge in [-0.15, -0.1) is 0 Å². The van der Waals surface area contributed by atoms with E-state index in [1.807, 2.05) is 6.92 Å². The minimum Gasteiger partial charge on any atom is -0.377 e. The van der Waals surface area contributed by atoms with Crippen LogP contribution in [0.1, 0.15) is 26.2 Å². The van der Waals surface area contributed by atoms with Gasteiger partial charge >= 0.3 is 0 Å². The first kappa shape index (κ1) is 19.6. The molecular weight excluding hydrogens is 420 g/mol. The van der Waals surface area contributed by atoms with E-state index < -0.39 is 12.0 Å². The van der Waals surface area contributed by atoms with E-state index in [-0.39, 0.29) is 31.2 Å². The number of alkyl halides is 2. The molecule has 32 heavy (non-hydrogen) atoms. The molecule has 0 aromatic carbocycles. The molecule has 9 nitrogen and oxygen atoms in total. The number of nitrogens with zero attached hydrogens (tertiary/aromatic N) is 6. The zero-order valence-electron chi connectivity index (χ0n) is 17.6. The summed E-state index contributed by atoms with van der Waals surface area (Å²) < 4.78 is 35.7. The van der Waals surface area contributed by atoms with Crippen molar-refractivity contribution < 1.29 is 18.3 Å². The van der Waals surface area contributed by atoms with Crippen molar-refractivity contribution in [2.45, 2.75) is 50.7 Å². The molecule has 0 bridgehead atoms. The van der Waals surface area contributed by atoms with Gasteiger partial charge in [0.25, 0.3) is 6.43 Å². The molecule has 3 aliphatic rings. The van der Waals surface area contributed by atoms with Crippen molar-refractivity contribution in [1.82, 2.24) is 25.0 Å². The molecule has 1 aliphatic carbocycles. The van der Waals surface area contributed by atoms with Crippen LogP contribution in [0.15, 0.2) is 18.3 Å². The predicted molar refractivity (Wildman–Crippen MR) is 113 cm³/mol. The van der Waals surface area contributed by atoms with Crippen molar-refractivity contribution in [3.05, 3.63) is 18.3 Å². The second-order valence-corrected chi connectivity index (χ2v) is 8.74. The topological polar surface area (TPSA) is 92.2 Å². The van der Waals surface area contributed by atoms with Crippen LogP contribution in [0.25, 0.3) is 22.4 Å². The number of pyridine rings is 1. The smallest absolute Gasteiger partial charge is 0.261 e. The molecule has 1 saturated carbocycles. The number of hydrogen-bond donors (Lipinski definition) is 1. The quantitative estimate of drug-likeness (QED) is 0.667. The Morgan fingerprint density at radius 2 is 2.16 bits per heavy atom. The molecule has 2 fully saturated rings. The number of ether oxygens (including phenoxy) is 1. The van der Waals surface area contributed by atoms with Crippen LogP contribution < -0.4 is 9.80 Å².